The quantitative estimate of drug-likeness (QED) is 0.821. The molecule has 0 saturated carbocycles. The molecular formula is C17H26N2O3. The van der Waals surface area contributed by atoms with Crippen molar-refractivity contribution in [1.29, 1.82) is 0 Å². The normalized spacial score (nSPS) is 16.8. The Morgan fingerprint density at radius 1 is 1.36 bits per heavy atom. The highest BCUT2D eigenvalue weighted by Gasteiger charge is 2.28. The topological polar surface area (TPSA) is 73.4 Å². The summed E-state index contributed by atoms with van der Waals surface area (Å²) in [7, 11) is 0. The van der Waals surface area contributed by atoms with Gasteiger partial charge in [-0.1, -0.05) is 6.92 Å². The van der Waals surface area contributed by atoms with Crippen LogP contribution in [0.25, 0.3) is 0 Å². The number of hydrogen-bond donors (Lipinski definition) is 2. The third-order valence-corrected chi connectivity index (χ3v) is 4.25. The number of likely N-dealkylation sites (tertiary alicyclic amines) is 1. The summed E-state index contributed by atoms with van der Waals surface area (Å²) in [6, 6.07) is 1.65. The SMILES string of the molecule is CCC(=O)c1c[nH]c(C(=O)N2CCC(CC(C)(C)O)CC2)c1. The molecule has 2 heterocycles. The first kappa shape index (κ1) is 16.7. The highest BCUT2D eigenvalue weighted by atomic mass is 16.3. The largest absolute Gasteiger partial charge is 0.390 e. The number of carbonyl (C=O) groups is 2. The summed E-state index contributed by atoms with van der Waals surface area (Å²) >= 11 is 0. The fourth-order valence-corrected chi connectivity index (χ4v) is 3.10. The predicted octanol–water partition coefficient (Wildman–Crippen LogP) is 2.62. The molecule has 0 spiro atoms. The number of aromatic nitrogens is 1. The number of aromatic amines is 1. The second-order valence-electron chi connectivity index (χ2n) is 6.83. The number of piperidine rings is 1. The molecule has 0 unspecified atom stereocenters. The van der Waals surface area contributed by atoms with Crippen molar-refractivity contribution in [2.24, 2.45) is 5.92 Å². The van der Waals surface area contributed by atoms with Gasteiger partial charge in [-0.3, -0.25) is 9.59 Å². The number of hydrogen-bond acceptors (Lipinski definition) is 3. The van der Waals surface area contributed by atoms with Gasteiger partial charge in [-0.25, -0.2) is 0 Å². The van der Waals surface area contributed by atoms with Gasteiger partial charge in [-0.05, 0) is 45.1 Å². The van der Waals surface area contributed by atoms with Crippen LogP contribution in [-0.2, 0) is 0 Å². The van der Waals surface area contributed by atoms with Crippen LogP contribution in [0.1, 0.15) is 67.3 Å². The van der Waals surface area contributed by atoms with Crippen molar-refractivity contribution in [3.63, 3.8) is 0 Å². The van der Waals surface area contributed by atoms with Crippen LogP contribution in [0.2, 0.25) is 0 Å². The van der Waals surface area contributed by atoms with Crippen molar-refractivity contribution in [3.8, 4) is 0 Å². The van der Waals surface area contributed by atoms with Crippen LogP contribution in [0, 0.1) is 5.92 Å². The summed E-state index contributed by atoms with van der Waals surface area (Å²) in [5, 5.41) is 9.88. The van der Waals surface area contributed by atoms with Crippen molar-refractivity contribution in [2.45, 2.75) is 52.1 Å². The molecule has 1 aromatic heterocycles. The van der Waals surface area contributed by atoms with Gasteiger partial charge in [0.25, 0.3) is 5.91 Å². The standard InChI is InChI=1S/C17H26N2O3/c1-4-15(20)13-9-14(18-11-13)16(21)19-7-5-12(6-8-19)10-17(2,3)22/h9,11-12,18,22H,4-8,10H2,1-3H3. The molecule has 0 aromatic carbocycles. The van der Waals surface area contributed by atoms with Crippen molar-refractivity contribution >= 4 is 11.7 Å². The molecule has 22 heavy (non-hydrogen) atoms. The van der Waals surface area contributed by atoms with Crippen LogP contribution in [0.5, 0.6) is 0 Å². The number of amides is 1. The Kier molecular flexibility index (Phi) is 5.06. The zero-order valence-corrected chi connectivity index (χ0v) is 13.7. The van der Waals surface area contributed by atoms with E-state index in [1.54, 1.807) is 12.3 Å². The van der Waals surface area contributed by atoms with Crippen molar-refractivity contribution < 1.29 is 14.7 Å². The summed E-state index contributed by atoms with van der Waals surface area (Å²) in [6.07, 6.45) is 4.65. The Bertz CT molecular complexity index is 534. The molecule has 2 N–H and O–H groups in total. The van der Waals surface area contributed by atoms with Gasteiger partial charge < -0.3 is 15.0 Å². The minimum Gasteiger partial charge on any atom is -0.390 e. The van der Waals surface area contributed by atoms with E-state index in [4.69, 9.17) is 0 Å². The second kappa shape index (κ2) is 6.65. The van der Waals surface area contributed by atoms with E-state index in [-0.39, 0.29) is 11.7 Å². The van der Waals surface area contributed by atoms with E-state index in [9.17, 15) is 14.7 Å². The van der Waals surface area contributed by atoms with E-state index in [1.165, 1.54) is 0 Å². The molecule has 0 radical (unpaired) electrons. The molecule has 5 nitrogen and oxygen atoms in total. The molecule has 1 amide bonds. The van der Waals surface area contributed by atoms with Crippen molar-refractivity contribution in [3.05, 3.63) is 23.5 Å². The van der Waals surface area contributed by atoms with Crippen molar-refractivity contribution in [2.75, 3.05) is 13.1 Å². The smallest absolute Gasteiger partial charge is 0.270 e. The first-order valence-corrected chi connectivity index (χ1v) is 8.03. The third-order valence-electron chi connectivity index (χ3n) is 4.25. The molecule has 1 aliphatic heterocycles. The molecular weight excluding hydrogens is 280 g/mol. The first-order valence-electron chi connectivity index (χ1n) is 8.03. The highest BCUT2D eigenvalue weighted by molar-refractivity contribution is 6.00. The lowest BCUT2D eigenvalue weighted by atomic mass is 9.86. The summed E-state index contributed by atoms with van der Waals surface area (Å²) in [5.74, 6) is 0.459. The molecule has 2 rings (SSSR count). The zero-order valence-electron chi connectivity index (χ0n) is 13.7. The number of nitrogens with one attached hydrogen (secondary N) is 1. The molecule has 1 aromatic rings. The number of H-pyrrole nitrogens is 1. The van der Waals surface area contributed by atoms with Crippen LogP contribution < -0.4 is 0 Å². The maximum atomic E-state index is 12.4. The fraction of sp³-hybridized carbons (Fsp3) is 0.647. The highest BCUT2D eigenvalue weighted by Crippen LogP contribution is 2.26. The fourth-order valence-electron chi connectivity index (χ4n) is 3.10. The van der Waals surface area contributed by atoms with E-state index in [0.717, 1.165) is 19.3 Å². The molecule has 1 fully saturated rings. The Hall–Kier alpha value is -1.62. The number of nitrogens with zero attached hydrogens (tertiary/aromatic N) is 1. The molecule has 0 aliphatic carbocycles. The van der Waals surface area contributed by atoms with E-state index in [1.807, 2.05) is 25.7 Å². The van der Waals surface area contributed by atoms with E-state index in [2.05, 4.69) is 4.98 Å². The van der Waals surface area contributed by atoms with E-state index in [0.29, 0.717) is 36.7 Å². The molecule has 0 atom stereocenters. The first-order chi connectivity index (χ1) is 10.3. The van der Waals surface area contributed by atoms with E-state index >= 15 is 0 Å². The Labute approximate surface area is 131 Å². The van der Waals surface area contributed by atoms with Gasteiger partial charge in [-0.2, -0.15) is 0 Å². The van der Waals surface area contributed by atoms with E-state index < -0.39 is 5.60 Å². The van der Waals surface area contributed by atoms with Gasteiger partial charge >= 0.3 is 0 Å². The van der Waals surface area contributed by atoms with Crippen LogP contribution in [0.3, 0.4) is 0 Å². The lowest BCUT2D eigenvalue weighted by Gasteiger charge is -2.34. The maximum Gasteiger partial charge on any atom is 0.270 e. The minimum absolute atomic E-state index is 0.0409. The molecule has 0 bridgehead atoms. The number of ketones is 1. The third kappa shape index (κ3) is 4.19. The Morgan fingerprint density at radius 2 is 2.00 bits per heavy atom. The molecule has 122 valence electrons. The molecule has 5 heteroatoms. The summed E-state index contributed by atoms with van der Waals surface area (Å²) in [4.78, 5) is 28.8. The van der Waals surface area contributed by atoms with Crippen molar-refractivity contribution in [1.82, 2.24) is 9.88 Å². The number of carbonyl (C=O) groups excluding carboxylic acids is 2. The summed E-state index contributed by atoms with van der Waals surface area (Å²) < 4.78 is 0. The van der Waals surface area contributed by atoms with Gasteiger partial charge in [0.05, 0.1) is 5.60 Å². The van der Waals surface area contributed by atoms with Gasteiger partial charge in [0, 0.05) is 31.3 Å². The molecule has 1 saturated heterocycles. The molecule has 1 aliphatic rings. The van der Waals surface area contributed by atoms with Gasteiger partial charge in [0.15, 0.2) is 5.78 Å². The zero-order chi connectivity index (χ0) is 16.3. The van der Waals surface area contributed by atoms with Crippen LogP contribution in [0.4, 0.5) is 0 Å². The lowest BCUT2D eigenvalue weighted by Crippen LogP contribution is -2.40. The minimum atomic E-state index is -0.647. The monoisotopic (exact) mass is 306 g/mol. The number of aliphatic hydroxyl groups is 1. The van der Waals surface area contributed by atoms with Crippen LogP contribution >= 0.6 is 0 Å². The Balaban J connectivity index is 1.92. The van der Waals surface area contributed by atoms with Gasteiger partial charge in [-0.15, -0.1) is 0 Å². The average molecular weight is 306 g/mol. The maximum absolute atomic E-state index is 12.4. The Morgan fingerprint density at radius 3 is 2.55 bits per heavy atom. The van der Waals surface area contributed by atoms with Crippen LogP contribution in [0.15, 0.2) is 12.3 Å². The number of Topliss-reactive ketones (excluding diaryl/α,β-unsaturated/α-hetero) is 1. The number of rotatable bonds is 5. The average Bonchev–Trinajstić information content (AvgIpc) is 2.94. The van der Waals surface area contributed by atoms with Gasteiger partial charge in [0.1, 0.15) is 5.69 Å². The lowest BCUT2D eigenvalue weighted by molar-refractivity contribution is 0.0357. The predicted molar refractivity (Wildman–Crippen MR) is 85.0 cm³/mol. The van der Waals surface area contributed by atoms with Crippen LogP contribution in [-0.4, -0.2) is 45.4 Å². The van der Waals surface area contributed by atoms with Gasteiger partial charge in [0.2, 0.25) is 0 Å². The summed E-state index contributed by atoms with van der Waals surface area (Å²) in [5.41, 5.74) is 0.409. The second-order valence-corrected chi connectivity index (χ2v) is 6.83. The summed E-state index contributed by atoms with van der Waals surface area (Å²) in [6.45, 7) is 6.88.